The largest absolute Gasteiger partial charge is 0.469 e. The van der Waals surface area contributed by atoms with Crippen LogP contribution < -0.4 is 0 Å². The van der Waals surface area contributed by atoms with Crippen LogP contribution in [0.4, 0.5) is 0 Å². The highest BCUT2D eigenvalue weighted by atomic mass is 16.5. The Bertz CT molecular complexity index is 274. The van der Waals surface area contributed by atoms with Gasteiger partial charge < -0.3 is 9.84 Å². The Kier molecular flexibility index (Phi) is 15.9. The minimum Gasteiger partial charge on any atom is -0.469 e. The van der Waals surface area contributed by atoms with Crippen LogP contribution in [0.2, 0.25) is 0 Å². The number of aliphatic hydroxyl groups excluding tert-OH is 1. The SMILES string of the molecule is CCCCCCC(O)C/C=C\CCCCCCCC(=O)OC. The van der Waals surface area contributed by atoms with Crippen molar-refractivity contribution in [3.63, 3.8) is 0 Å². The lowest BCUT2D eigenvalue weighted by molar-refractivity contribution is -0.140. The second kappa shape index (κ2) is 16.5. The number of esters is 1. The van der Waals surface area contributed by atoms with E-state index in [1.54, 1.807) is 0 Å². The molecule has 0 heterocycles. The van der Waals surface area contributed by atoms with Gasteiger partial charge in [-0.25, -0.2) is 0 Å². The summed E-state index contributed by atoms with van der Waals surface area (Å²) in [5.74, 6) is -0.101. The van der Waals surface area contributed by atoms with Crippen molar-refractivity contribution in [1.29, 1.82) is 0 Å². The number of allylic oxidation sites excluding steroid dienone is 1. The molecule has 0 aliphatic carbocycles. The van der Waals surface area contributed by atoms with Crippen molar-refractivity contribution in [3.05, 3.63) is 12.2 Å². The molecule has 0 aliphatic heterocycles. The fraction of sp³-hybridized carbons (Fsp3) is 0.842. The molecule has 1 atom stereocenters. The molecule has 0 aliphatic rings. The molecular formula is C19H36O3. The van der Waals surface area contributed by atoms with E-state index in [9.17, 15) is 9.90 Å². The van der Waals surface area contributed by atoms with Gasteiger partial charge in [-0.2, -0.15) is 0 Å². The molecule has 3 nitrogen and oxygen atoms in total. The summed E-state index contributed by atoms with van der Waals surface area (Å²) >= 11 is 0. The number of ether oxygens (including phenoxy) is 1. The van der Waals surface area contributed by atoms with E-state index in [0.29, 0.717) is 6.42 Å². The molecule has 0 rings (SSSR count). The van der Waals surface area contributed by atoms with E-state index in [2.05, 4.69) is 23.8 Å². The normalized spacial score (nSPS) is 12.7. The van der Waals surface area contributed by atoms with Gasteiger partial charge in [-0.3, -0.25) is 4.79 Å². The van der Waals surface area contributed by atoms with Gasteiger partial charge in [0, 0.05) is 6.42 Å². The van der Waals surface area contributed by atoms with Gasteiger partial charge in [0.05, 0.1) is 13.2 Å². The fourth-order valence-corrected chi connectivity index (χ4v) is 2.46. The first-order valence-electron chi connectivity index (χ1n) is 9.10. The first-order chi connectivity index (χ1) is 10.7. The standard InChI is InChI=1S/C19H36O3/c1-3-4-5-12-15-18(20)16-13-10-8-6-7-9-11-14-17-19(21)22-2/h10,13,18,20H,3-9,11-12,14-17H2,1-2H3/b13-10-. The van der Waals surface area contributed by atoms with Crippen molar-refractivity contribution in [2.45, 2.75) is 96.5 Å². The predicted octanol–water partition coefficient (Wildman–Crippen LogP) is 5.17. The van der Waals surface area contributed by atoms with E-state index in [-0.39, 0.29) is 12.1 Å². The summed E-state index contributed by atoms with van der Waals surface area (Å²) in [6.07, 6.45) is 18.1. The summed E-state index contributed by atoms with van der Waals surface area (Å²) in [6.45, 7) is 2.21. The molecule has 0 saturated heterocycles. The number of hydrogen-bond acceptors (Lipinski definition) is 3. The van der Waals surface area contributed by atoms with Crippen LogP contribution in [0.25, 0.3) is 0 Å². The quantitative estimate of drug-likeness (QED) is 0.258. The zero-order valence-electron chi connectivity index (χ0n) is 14.7. The van der Waals surface area contributed by atoms with Crippen molar-refractivity contribution in [3.8, 4) is 0 Å². The third-order valence-electron chi connectivity index (χ3n) is 3.95. The molecule has 22 heavy (non-hydrogen) atoms. The molecule has 0 aromatic rings. The van der Waals surface area contributed by atoms with Crippen LogP contribution in [-0.4, -0.2) is 24.3 Å². The van der Waals surface area contributed by atoms with Gasteiger partial charge >= 0.3 is 5.97 Å². The molecule has 1 unspecified atom stereocenters. The molecular weight excluding hydrogens is 276 g/mol. The highest BCUT2D eigenvalue weighted by Crippen LogP contribution is 2.10. The minimum absolute atomic E-state index is 0.101. The van der Waals surface area contributed by atoms with Gasteiger partial charge in [0.2, 0.25) is 0 Å². The number of aliphatic hydroxyl groups is 1. The molecule has 0 radical (unpaired) electrons. The molecule has 1 N–H and O–H groups in total. The maximum atomic E-state index is 10.9. The number of carbonyl (C=O) groups is 1. The molecule has 0 bridgehead atoms. The third kappa shape index (κ3) is 15.6. The summed E-state index contributed by atoms with van der Waals surface area (Å²) < 4.78 is 4.61. The van der Waals surface area contributed by atoms with Gasteiger partial charge in [0.15, 0.2) is 0 Å². The molecule has 130 valence electrons. The number of carbonyl (C=O) groups excluding carboxylic acids is 1. The predicted molar refractivity (Wildman–Crippen MR) is 92.9 cm³/mol. The van der Waals surface area contributed by atoms with Crippen LogP contribution in [0.3, 0.4) is 0 Å². The van der Waals surface area contributed by atoms with Crippen LogP contribution in [-0.2, 0) is 9.53 Å². The maximum absolute atomic E-state index is 10.9. The maximum Gasteiger partial charge on any atom is 0.305 e. The fourth-order valence-electron chi connectivity index (χ4n) is 2.46. The van der Waals surface area contributed by atoms with Gasteiger partial charge in [-0.15, -0.1) is 0 Å². The molecule has 0 aromatic heterocycles. The molecule has 0 amide bonds. The Morgan fingerprint density at radius 2 is 1.68 bits per heavy atom. The Morgan fingerprint density at radius 3 is 2.41 bits per heavy atom. The van der Waals surface area contributed by atoms with Crippen LogP contribution in [0.1, 0.15) is 90.4 Å². The van der Waals surface area contributed by atoms with E-state index in [0.717, 1.165) is 38.5 Å². The Hall–Kier alpha value is -0.830. The summed E-state index contributed by atoms with van der Waals surface area (Å²) in [5, 5.41) is 9.82. The van der Waals surface area contributed by atoms with Crippen LogP contribution in [0, 0.1) is 0 Å². The van der Waals surface area contributed by atoms with E-state index < -0.39 is 0 Å². The number of unbranched alkanes of at least 4 members (excludes halogenated alkanes) is 8. The minimum atomic E-state index is -0.161. The van der Waals surface area contributed by atoms with Crippen LogP contribution >= 0.6 is 0 Å². The van der Waals surface area contributed by atoms with E-state index in [4.69, 9.17) is 0 Å². The Labute approximate surface area is 137 Å². The smallest absolute Gasteiger partial charge is 0.305 e. The zero-order chi connectivity index (χ0) is 16.5. The lowest BCUT2D eigenvalue weighted by Crippen LogP contribution is -2.04. The number of methoxy groups -OCH3 is 1. The highest BCUT2D eigenvalue weighted by molar-refractivity contribution is 5.68. The van der Waals surface area contributed by atoms with E-state index in [1.807, 2.05) is 0 Å². The second-order valence-corrected chi connectivity index (χ2v) is 6.09. The van der Waals surface area contributed by atoms with Crippen molar-refractivity contribution in [2.75, 3.05) is 7.11 Å². The van der Waals surface area contributed by atoms with Crippen molar-refractivity contribution in [1.82, 2.24) is 0 Å². The zero-order valence-corrected chi connectivity index (χ0v) is 14.7. The van der Waals surface area contributed by atoms with E-state index in [1.165, 1.54) is 45.6 Å². The van der Waals surface area contributed by atoms with Crippen molar-refractivity contribution < 1.29 is 14.6 Å². The topological polar surface area (TPSA) is 46.5 Å². The summed E-state index contributed by atoms with van der Waals surface area (Å²) in [6, 6.07) is 0. The average molecular weight is 312 g/mol. The molecule has 0 saturated carbocycles. The van der Waals surface area contributed by atoms with Crippen LogP contribution in [0.15, 0.2) is 12.2 Å². The van der Waals surface area contributed by atoms with E-state index >= 15 is 0 Å². The Morgan fingerprint density at radius 1 is 1.00 bits per heavy atom. The number of rotatable bonds is 15. The van der Waals surface area contributed by atoms with Crippen LogP contribution in [0.5, 0.6) is 0 Å². The molecule has 0 fully saturated rings. The van der Waals surface area contributed by atoms with Crippen molar-refractivity contribution in [2.24, 2.45) is 0 Å². The molecule has 3 heteroatoms. The van der Waals surface area contributed by atoms with Gasteiger partial charge in [0.1, 0.15) is 0 Å². The number of hydrogen-bond donors (Lipinski definition) is 1. The molecule has 0 aromatic carbocycles. The molecule has 0 spiro atoms. The second-order valence-electron chi connectivity index (χ2n) is 6.09. The summed E-state index contributed by atoms with van der Waals surface area (Å²) in [5.41, 5.74) is 0. The lowest BCUT2D eigenvalue weighted by atomic mass is 10.1. The average Bonchev–Trinajstić information content (AvgIpc) is 2.53. The Balaban J connectivity index is 3.28. The van der Waals surface area contributed by atoms with Gasteiger partial charge in [0.25, 0.3) is 0 Å². The van der Waals surface area contributed by atoms with Crippen molar-refractivity contribution >= 4 is 5.97 Å². The lowest BCUT2D eigenvalue weighted by Gasteiger charge is -2.07. The first-order valence-corrected chi connectivity index (χ1v) is 9.10. The van der Waals surface area contributed by atoms with Gasteiger partial charge in [-0.05, 0) is 32.1 Å². The highest BCUT2D eigenvalue weighted by Gasteiger charge is 2.01. The third-order valence-corrected chi connectivity index (χ3v) is 3.95. The summed E-state index contributed by atoms with van der Waals surface area (Å²) in [4.78, 5) is 10.9. The first kappa shape index (κ1) is 21.2. The monoisotopic (exact) mass is 312 g/mol. The summed E-state index contributed by atoms with van der Waals surface area (Å²) in [7, 11) is 1.44. The van der Waals surface area contributed by atoms with Gasteiger partial charge in [-0.1, -0.05) is 64.0 Å².